The van der Waals surface area contributed by atoms with Gasteiger partial charge in [0, 0.05) is 46.7 Å². The number of ether oxygens (including phenoxy) is 2. The number of halogens is 1. The highest BCUT2D eigenvalue weighted by molar-refractivity contribution is 8.19. The summed E-state index contributed by atoms with van der Waals surface area (Å²) in [6, 6.07) is 17.1. The van der Waals surface area contributed by atoms with Crippen LogP contribution in [0.2, 0.25) is 5.28 Å². The Labute approximate surface area is 442 Å². The van der Waals surface area contributed by atoms with Crippen molar-refractivity contribution < 1.29 is 84.6 Å². The summed E-state index contributed by atoms with van der Waals surface area (Å²) < 4.78 is 172. The summed E-state index contributed by atoms with van der Waals surface area (Å²) in [6.45, 7) is -0.947. The van der Waals surface area contributed by atoms with Crippen LogP contribution in [0.3, 0.4) is 0 Å². The zero-order chi connectivity index (χ0) is 56.4. The van der Waals surface area contributed by atoms with Crippen LogP contribution in [0.1, 0.15) is 0 Å². The highest BCUT2D eigenvalue weighted by Gasteiger charge is 2.28. The van der Waals surface area contributed by atoms with Crippen molar-refractivity contribution in [1.29, 1.82) is 0 Å². The number of nitrogens with one attached hydrogen (secondary N) is 1. The monoisotopic (exact) mass is 1180 g/mol. The average Bonchev–Trinajstić information content (AvgIpc) is 3.34. The molecule has 7 rings (SSSR count). The molecule has 0 radical (unpaired) electrons. The normalized spacial score (nSPS) is 13.0. The smallest absolute Gasteiger partial charge is 0.397 e. The van der Waals surface area contributed by atoms with Gasteiger partial charge in [-0.1, -0.05) is 12.1 Å². The van der Waals surface area contributed by atoms with E-state index in [1.54, 1.807) is 0 Å². The van der Waals surface area contributed by atoms with Crippen LogP contribution in [-0.4, -0.2) is 121 Å². The minimum Gasteiger partial charge on any atom is -0.505 e. The molecule has 10 N–H and O–H groups in total. The van der Waals surface area contributed by atoms with Crippen LogP contribution in [0.5, 0.6) is 17.2 Å². The molecule has 0 aliphatic rings. The molecule has 0 atom stereocenters. The summed E-state index contributed by atoms with van der Waals surface area (Å²) in [7, 11) is -20.1. The van der Waals surface area contributed by atoms with Gasteiger partial charge in [0.15, 0.2) is 15.6 Å². The SMILES string of the molecule is COc1cc(S(=O)(=O)CCOS(=O)(=O)O)c(OC)cc1N=Nc1c(S(O)(O)O)cc2cc(N(C)c3nc(Cl)nc(Nc4ccc(N=Nc5cc(S(=O)(=O)O)c6cccc(S(=O)(=O)O)c6c5)c(N=CON)c4)n3)ccc2c1O. The number of hydrogen-bond donors (Lipinski definition) is 9. The fraction of sp³-hybridized carbons (Fsp3) is 0.122. The first-order valence-corrected chi connectivity index (χ1v) is 28.5. The van der Waals surface area contributed by atoms with Crippen LogP contribution >= 0.6 is 22.5 Å². The fourth-order valence-corrected chi connectivity index (χ4v) is 11.0. The molecule has 0 amide bonds. The number of benzene rings is 6. The maximum Gasteiger partial charge on any atom is 0.397 e. The van der Waals surface area contributed by atoms with Crippen LogP contribution in [0.4, 0.5) is 51.7 Å². The number of aliphatic imine (C=N–C) groups is 1. The highest BCUT2D eigenvalue weighted by Crippen LogP contribution is 2.55. The second-order valence-electron chi connectivity index (χ2n) is 15.4. The van der Waals surface area contributed by atoms with E-state index in [9.17, 15) is 61.5 Å². The van der Waals surface area contributed by atoms with E-state index in [2.05, 4.69) is 54.7 Å². The number of methoxy groups -OCH3 is 2. The summed E-state index contributed by atoms with van der Waals surface area (Å²) in [4.78, 5) is 20.1. The van der Waals surface area contributed by atoms with Crippen molar-refractivity contribution in [3.63, 3.8) is 0 Å². The number of azo groups is 2. The van der Waals surface area contributed by atoms with Gasteiger partial charge in [0.1, 0.15) is 54.1 Å². The summed E-state index contributed by atoms with van der Waals surface area (Å²) in [5.74, 6) is 2.76. The van der Waals surface area contributed by atoms with Crippen molar-refractivity contribution in [3.05, 3.63) is 90.2 Å². The van der Waals surface area contributed by atoms with E-state index in [4.69, 9.17) is 31.5 Å². The van der Waals surface area contributed by atoms with Gasteiger partial charge in [0.05, 0.1) is 42.8 Å². The van der Waals surface area contributed by atoms with Gasteiger partial charge in [-0.15, -0.1) is 15.3 Å². The lowest BCUT2D eigenvalue weighted by Crippen LogP contribution is -2.16. The third-order valence-electron chi connectivity index (χ3n) is 10.5. The van der Waals surface area contributed by atoms with Crippen LogP contribution in [0.25, 0.3) is 21.5 Å². The molecule has 0 saturated heterocycles. The highest BCUT2D eigenvalue weighted by atomic mass is 35.5. The molecule has 77 heavy (non-hydrogen) atoms. The van der Waals surface area contributed by atoms with E-state index in [1.165, 1.54) is 60.5 Å². The molecule has 0 unspecified atom stereocenters. The number of fused-ring (bicyclic) bond motifs is 2. The topological polar surface area (TPSA) is 457 Å². The van der Waals surface area contributed by atoms with Crippen molar-refractivity contribution in [1.82, 2.24) is 15.0 Å². The number of aromatic nitrogens is 3. The van der Waals surface area contributed by atoms with Gasteiger partial charge in [0.25, 0.3) is 20.2 Å². The minimum absolute atomic E-state index is 0.00639. The first-order chi connectivity index (χ1) is 36.0. The molecular weight excluding hydrogens is 1150 g/mol. The molecule has 0 bridgehead atoms. The molecule has 408 valence electrons. The summed E-state index contributed by atoms with van der Waals surface area (Å²) in [6.07, 6.45) is 0.839. The number of sulfone groups is 1. The van der Waals surface area contributed by atoms with Gasteiger partial charge in [0.2, 0.25) is 23.6 Å². The molecule has 7 aromatic rings. The van der Waals surface area contributed by atoms with Gasteiger partial charge in [-0.25, -0.2) is 17.6 Å². The van der Waals surface area contributed by atoms with Crippen molar-refractivity contribution in [2.75, 3.05) is 43.8 Å². The molecule has 0 saturated carbocycles. The van der Waals surface area contributed by atoms with Crippen LogP contribution in [0, 0.1) is 0 Å². The predicted octanol–water partition coefficient (Wildman–Crippen LogP) is 8.12. The first kappa shape index (κ1) is 57.3. The lowest BCUT2D eigenvalue weighted by molar-refractivity contribution is 0.283. The Hall–Kier alpha value is -7.36. The molecular formula is C41H38ClN11O19S5. The molecule has 0 aliphatic carbocycles. The van der Waals surface area contributed by atoms with E-state index >= 15 is 0 Å². The standard InChI is InChI=1S/C41H38ClN11O19S5/c1-53(24-8-9-25-21(13-24)14-36(76(63,64)65)37(38(25)54)52-51-30-18-32(70-3)35(19-31(30)69-2)73(55,56)12-11-72-77(66,67)68)41-47-39(42)46-40(48-41)45-22-7-10-28(29(16-22)44-20-71-43)50-49-23-15-27-26(34(17-23)75(60,61)62)5-4-6-33(27)74(57,58)59/h4-10,13-20,54,63-65H,11-12,43H2,1-3H3,(H,57,58,59)(H,60,61,62)(H,66,67,68)(H,45,46,47,48). The van der Waals surface area contributed by atoms with Crippen molar-refractivity contribution in [3.8, 4) is 17.2 Å². The number of phenolic OH excluding ortho intramolecular Hbond substituents is 1. The molecule has 0 aliphatic heterocycles. The number of aromatic hydroxyl groups is 1. The van der Waals surface area contributed by atoms with Gasteiger partial charge < -0.3 is 43.3 Å². The van der Waals surface area contributed by atoms with E-state index in [0.29, 0.717) is 5.69 Å². The molecule has 1 heterocycles. The lowest BCUT2D eigenvalue weighted by Gasteiger charge is -2.23. The van der Waals surface area contributed by atoms with E-state index in [1.807, 2.05) is 0 Å². The molecule has 1 aromatic heterocycles. The quantitative estimate of drug-likeness (QED) is 0.0114. The average molecular weight is 1180 g/mol. The maximum absolute atomic E-state index is 13.1. The summed E-state index contributed by atoms with van der Waals surface area (Å²) in [5.41, 5.74) is -0.544. The number of anilines is 4. The summed E-state index contributed by atoms with van der Waals surface area (Å²) >= 11 is 6.34. The number of hydrogen-bond acceptors (Lipinski definition) is 27. The van der Waals surface area contributed by atoms with Crippen molar-refractivity contribution in [2.45, 2.75) is 19.6 Å². The second-order valence-corrected chi connectivity index (χ2v) is 23.1. The number of phenols is 1. The zero-order valence-corrected chi connectivity index (χ0v) is 44.0. The number of rotatable bonds is 20. The van der Waals surface area contributed by atoms with Crippen LogP contribution in [0.15, 0.2) is 130 Å². The van der Waals surface area contributed by atoms with Gasteiger partial charge >= 0.3 is 10.4 Å². The largest absolute Gasteiger partial charge is 0.505 e. The Morgan fingerprint density at radius 2 is 1.39 bits per heavy atom. The van der Waals surface area contributed by atoms with E-state index < -0.39 is 94.7 Å². The first-order valence-electron chi connectivity index (χ1n) is 20.7. The molecule has 0 spiro atoms. The van der Waals surface area contributed by atoms with Gasteiger partial charge in [-0.2, -0.15) is 51.2 Å². The molecule has 0 fully saturated rings. The van der Waals surface area contributed by atoms with Crippen molar-refractivity contribution >= 4 is 143 Å². The third-order valence-corrected chi connectivity index (χ3v) is 15.5. The van der Waals surface area contributed by atoms with Crippen LogP contribution < -0.4 is 25.6 Å². The van der Waals surface area contributed by atoms with Gasteiger partial charge in [-0.3, -0.25) is 13.7 Å². The second kappa shape index (κ2) is 22.3. The Balaban J connectivity index is 1.18. The predicted molar refractivity (Wildman–Crippen MR) is 276 cm³/mol. The Kier molecular flexibility index (Phi) is 16.6. The van der Waals surface area contributed by atoms with Crippen molar-refractivity contribution in [2.24, 2.45) is 31.3 Å². The molecule has 6 aromatic carbocycles. The van der Waals surface area contributed by atoms with Gasteiger partial charge in [-0.05, 0) is 77.7 Å². The lowest BCUT2D eigenvalue weighted by atomic mass is 10.1. The zero-order valence-electron chi connectivity index (χ0n) is 39.1. The Morgan fingerprint density at radius 1 is 0.688 bits per heavy atom. The Morgan fingerprint density at radius 3 is 2.04 bits per heavy atom. The van der Waals surface area contributed by atoms with Crippen LogP contribution in [-0.2, 0) is 49.5 Å². The number of nitrogens with zero attached hydrogens (tertiary/aromatic N) is 9. The van der Waals surface area contributed by atoms with E-state index in [0.717, 1.165) is 57.0 Å². The minimum atomic E-state index is -4.96. The fourth-order valence-electron chi connectivity index (χ4n) is 7.07. The number of nitrogens with two attached hydrogens (primary N) is 1. The molecule has 30 nitrogen and oxygen atoms in total. The summed E-state index contributed by atoms with van der Waals surface area (Å²) in [5, 5.41) is 29.8. The third kappa shape index (κ3) is 13.4. The van der Waals surface area contributed by atoms with E-state index in [-0.39, 0.29) is 78.7 Å². The molecule has 36 heteroatoms. The Bertz CT molecular complexity index is 4060. The maximum atomic E-state index is 13.1.